The highest BCUT2D eigenvalue weighted by molar-refractivity contribution is 14.1. The Hall–Kier alpha value is -1.90. The Kier molecular flexibility index (Phi) is 3.07. The molecule has 0 bridgehead atoms. The van der Waals surface area contributed by atoms with Crippen molar-refractivity contribution in [2.75, 3.05) is 0 Å². The molecule has 2 rings (SSSR count). The second-order valence-electron chi connectivity index (χ2n) is 3.50. The number of aromatic nitrogens is 1. The van der Waals surface area contributed by atoms with Gasteiger partial charge in [0.1, 0.15) is 11.3 Å². The second kappa shape index (κ2) is 4.41. The molecule has 0 atom stereocenters. The van der Waals surface area contributed by atoms with E-state index in [0.717, 1.165) is 3.57 Å². The lowest BCUT2D eigenvalue weighted by Gasteiger charge is -2.05. The van der Waals surface area contributed by atoms with Crippen molar-refractivity contribution in [1.29, 1.82) is 0 Å². The van der Waals surface area contributed by atoms with Crippen molar-refractivity contribution in [3.8, 4) is 0 Å². The monoisotopic (exact) mass is 359 g/mol. The number of rotatable bonds is 2. The quantitative estimate of drug-likeness (QED) is 0.705. The molecule has 1 aromatic heterocycles. The topological polar surface area (TPSA) is 107 Å². The largest absolute Gasteiger partial charge is 0.477 e. The number of fused-ring (bicyclic) bond motifs is 1. The molecule has 1 aromatic carbocycles. The van der Waals surface area contributed by atoms with Crippen LogP contribution in [0, 0.1) is 3.57 Å². The van der Waals surface area contributed by atoms with Crippen LogP contribution in [0.25, 0.3) is 10.9 Å². The fraction of sp³-hybridized carbons (Fsp3) is 0. The number of halogens is 1. The third-order valence-electron chi connectivity index (χ3n) is 2.39. The van der Waals surface area contributed by atoms with Crippen LogP contribution in [-0.2, 0) is 0 Å². The molecule has 18 heavy (non-hydrogen) atoms. The van der Waals surface area contributed by atoms with Gasteiger partial charge >= 0.3 is 11.9 Å². The summed E-state index contributed by atoms with van der Waals surface area (Å²) in [5.41, 5.74) is -1.86. The number of hydrogen-bond acceptors (Lipinski definition) is 3. The summed E-state index contributed by atoms with van der Waals surface area (Å²) < 4.78 is 0.801. The second-order valence-corrected chi connectivity index (χ2v) is 4.75. The van der Waals surface area contributed by atoms with E-state index < -0.39 is 28.6 Å². The van der Waals surface area contributed by atoms with Gasteiger partial charge in [-0.25, -0.2) is 9.59 Å². The average Bonchev–Trinajstić information content (AvgIpc) is 2.27. The zero-order valence-corrected chi connectivity index (χ0v) is 10.9. The lowest BCUT2D eigenvalue weighted by molar-refractivity contribution is 0.0646. The van der Waals surface area contributed by atoms with E-state index in [-0.39, 0.29) is 5.39 Å². The van der Waals surface area contributed by atoms with Crippen LogP contribution in [-0.4, -0.2) is 27.1 Å². The first-order valence-electron chi connectivity index (χ1n) is 4.74. The average molecular weight is 359 g/mol. The van der Waals surface area contributed by atoms with Gasteiger partial charge in [-0.3, -0.25) is 4.79 Å². The molecule has 0 saturated heterocycles. The molecule has 0 aliphatic rings. The molecule has 3 N–H and O–H groups in total. The number of aromatic amines is 1. The molecule has 0 radical (unpaired) electrons. The number of aromatic carboxylic acids is 2. The predicted molar refractivity (Wildman–Crippen MR) is 71.2 cm³/mol. The highest BCUT2D eigenvalue weighted by Gasteiger charge is 2.22. The number of hydrogen-bond donors (Lipinski definition) is 3. The van der Waals surface area contributed by atoms with Crippen LogP contribution in [0.5, 0.6) is 0 Å². The Morgan fingerprint density at radius 3 is 2.39 bits per heavy atom. The van der Waals surface area contributed by atoms with Crippen molar-refractivity contribution in [3.63, 3.8) is 0 Å². The van der Waals surface area contributed by atoms with Crippen LogP contribution in [0.2, 0.25) is 0 Å². The van der Waals surface area contributed by atoms with Gasteiger partial charge in [-0.15, -0.1) is 0 Å². The molecule has 0 aliphatic carbocycles. The van der Waals surface area contributed by atoms with E-state index in [0.29, 0.717) is 5.52 Å². The maximum absolute atomic E-state index is 11.9. The molecular weight excluding hydrogens is 353 g/mol. The minimum Gasteiger partial charge on any atom is -0.477 e. The van der Waals surface area contributed by atoms with E-state index >= 15 is 0 Å². The SMILES string of the molecule is O=C(O)c1[nH]c2cc(I)ccc2c(=O)c1C(=O)O. The van der Waals surface area contributed by atoms with Gasteiger partial charge in [-0.2, -0.15) is 0 Å². The van der Waals surface area contributed by atoms with E-state index in [1.54, 1.807) is 12.1 Å². The number of carboxylic acids is 2. The van der Waals surface area contributed by atoms with Crippen LogP contribution >= 0.6 is 22.6 Å². The number of H-pyrrole nitrogens is 1. The standard InChI is InChI=1S/C11H6INO5/c12-4-1-2-5-6(3-4)13-8(11(17)18)7(9(5)14)10(15)16/h1-3H,(H,13,14)(H,15,16)(H,17,18). The minimum atomic E-state index is -1.56. The summed E-state index contributed by atoms with van der Waals surface area (Å²) in [4.78, 5) is 36.4. The summed E-state index contributed by atoms with van der Waals surface area (Å²) in [6, 6.07) is 4.69. The Morgan fingerprint density at radius 2 is 1.83 bits per heavy atom. The molecule has 2 aromatic rings. The van der Waals surface area contributed by atoms with Crippen molar-refractivity contribution < 1.29 is 19.8 Å². The van der Waals surface area contributed by atoms with Gasteiger partial charge in [-0.05, 0) is 40.8 Å². The molecule has 92 valence electrons. The Bertz CT molecular complexity index is 734. The van der Waals surface area contributed by atoms with Crippen molar-refractivity contribution >= 4 is 45.4 Å². The van der Waals surface area contributed by atoms with Crippen LogP contribution in [0.1, 0.15) is 20.8 Å². The van der Waals surface area contributed by atoms with E-state index in [1.165, 1.54) is 6.07 Å². The molecule has 7 heteroatoms. The molecule has 0 fully saturated rings. The first-order valence-corrected chi connectivity index (χ1v) is 5.82. The van der Waals surface area contributed by atoms with Crippen molar-refractivity contribution in [2.24, 2.45) is 0 Å². The normalized spacial score (nSPS) is 10.5. The number of benzene rings is 1. The Morgan fingerprint density at radius 1 is 1.17 bits per heavy atom. The summed E-state index contributed by atoms with van der Waals surface area (Å²) in [5.74, 6) is -3.04. The fourth-order valence-corrected chi connectivity index (χ4v) is 2.12. The highest BCUT2D eigenvalue weighted by atomic mass is 127. The van der Waals surface area contributed by atoms with Gasteiger partial charge < -0.3 is 15.2 Å². The summed E-state index contributed by atoms with van der Waals surface area (Å²) in [7, 11) is 0. The smallest absolute Gasteiger partial charge is 0.353 e. The van der Waals surface area contributed by atoms with Gasteiger partial charge in [-0.1, -0.05) is 0 Å². The molecule has 0 saturated carbocycles. The molecular formula is C11H6INO5. The number of nitrogens with one attached hydrogen (secondary N) is 1. The van der Waals surface area contributed by atoms with Crippen molar-refractivity contribution in [1.82, 2.24) is 4.98 Å². The van der Waals surface area contributed by atoms with Gasteiger partial charge in [0.05, 0.1) is 5.52 Å². The molecule has 6 nitrogen and oxygen atoms in total. The van der Waals surface area contributed by atoms with E-state index in [9.17, 15) is 14.4 Å². The van der Waals surface area contributed by atoms with Crippen LogP contribution < -0.4 is 5.43 Å². The van der Waals surface area contributed by atoms with Crippen LogP contribution in [0.4, 0.5) is 0 Å². The Labute approximate surface area is 113 Å². The summed E-state index contributed by atoms with van der Waals surface area (Å²) in [5, 5.41) is 18.0. The zero-order chi connectivity index (χ0) is 13.4. The summed E-state index contributed by atoms with van der Waals surface area (Å²) in [6.45, 7) is 0. The van der Waals surface area contributed by atoms with Crippen LogP contribution in [0.3, 0.4) is 0 Å². The number of carboxylic acid groups (broad SMARTS) is 2. The summed E-state index contributed by atoms with van der Waals surface area (Å²) >= 11 is 2.00. The van der Waals surface area contributed by atoms with Gasteiger partial charge in [0.2, 0.25) is 5.43 Å². The Balaban J connectivity index is 2.99. The fourth-order valence-electron chi connectivity index (χ4n) is 1.63. The number of carbonyl (C=O) groups is 2. The van der Waals surface area contributed by atoms with E-state index in [4.69, 9.17) is 10.2 Å². The molecule has 1 heterocycles. The van der Waals surface area contributed by atoms with E-state index in [1.807, 2.05) is 22.6 Å². The van der Waals surface area contributed by atoms with Gasteiger partial charge in [0, 0.05) is 8.96 Å². The third-order valence-corrected chi connectivity index (χ3v) is 3.06. The van der Waals surface area contributed by atoms with Gasteiger partial charge in [0.15, 0.2) is 0 Å². The molecule has 0 amide bonds. The first kappa shape index (κ1) is 12.6. The molecule has 0 aliphatic heterocycles. The minimum absolute atomic E-state index is 0.151. The third kappa shape index (κ3) is 1.96. The number of pyridine rings is 1. The van der Waals surface area contributed by atoms with Gasteiger partial charge in [0.25, 0.3) is 0 Å². The lowest BCUT2D eigenvalue weighted by Crippen LogP contribution is -2.22. The molecule has 0 unspecified atom stereocenters. The zero-order valence-electron chi connectivity index (χ0n) is 8.73. The van der Waals surface area contributed by atoms with Crippen molar-refractivity contribution in [3.05, 3.63) is 43.2 Å². The maximum atomic E-state index is 11.9. The van der Waals surface area contributed by atoms with Crippen molar-refractivity contribution in [2.45, 2.75) is 0 Å². The van der Waals surface area contributed by atoms with Crippen LogP contribution in [0.15, 0.2) is 23.0 Å². The summed E-state index contributed by atoms with van der Waals surface area (Å²) in [6.07, 6.45) is 0. The van der Waals surface area contributed by atoms with E-state index in [2.05, 4.69) is 4.98 Å². The predicted octanol–water partition coefficient (Wildman–Crippen LogP) is 1.53. The molecule has 0 spiro atoms. The maximum Gasteiger partial charge on any atom is 0.353 e. The first-order chi connectivity index (χ1) is 8.41. The highest BCUT2D eigenvalue weighted by Crippen LogP contribution is 2.15. The lowest BCUT2D eigenvalue weighted by atomic mass is 10.1.